The number of carbonyl (C=O) groups is 3. The lowest BCUT2D eigenvalue weighted by atomic mass is 10.4. The Morgan fingerprint density at radius 1 is 1.33 bits per heavy atom. The number of nitrogens with one attached hydrogen (secondary N) is 2. The second kappa shape index (κ2) is 6.58. The van der Waals surface area contributed by atoms with E-state index in [1.165, 1.54) is 26.1 Å². The predicted octanol–water partition coefficient (Wildman–Crippen LogP) is -0.0502. The van der Waals surface area contributed by atoms with E-state index in [0.717, 1.165) is 0 Å². The fourth-order valence-corrected chi connectivity index (χ4v) is 0.679. The molecule has 0 bridgehead atoms. The molecule has 15 heavy (non-hydrogen) atoms. The van der Waals surface area contributed by atoms with Crippen LogP contribution in [0.4, 0.5) is 4.79 Å². The van der Waals surface area contributed by atoms with Crippen molar-refractivity contribution in [3.8, 4) is 0 Å². The molecule has 0 unspecified atom stereocenters. The van der Waals surface area contributed by atoms with Crippen LogP contribution in [-0.4, -0.2) is 31.1 Å². The zero-order valence-electron chi connectivity index (χ0n) is 8.87. The van der Waals surface area contributed by atoms with Crippen LogP contribution in [0.1, 0.15) is 13.8 Å². The Kier molecular flexibility index (Phi) is 5.77. The van der Waals surface area contributed by atoms with E-state index < -0.39 is 24.0 Å². The lowest BCUT2D eigenvalue weighted by Gasteiger charge is -2.10. The number of carbonyl (C=O) groups excluding carboxylic acids is 3. The van der Waals surface area contributed by atoms with Gasteiger partial charge in [-0.15, -0.1) is 0 Å². The minimum absolute atomic E-state index is 0.628. The highest BCUT2D eigenvalue weighted by Crippen LogP contribution is 1.93. The SMILES string of the molecule is C/C=C/C(=O)O[C@H](C)C(=O)NC(=O)NC. The van der Waals surface area contributed by atoms with Gasteiger partial charge >= 0.3 is 12.0 Å². The molecule has 1 atom stereocenters. The third kappa shape index (κ3) is 5.45. The Morgan fingerprint density at radius 3 is 2.40 bits per heavy atom. The highest BCUT2D eigenvalue weighted by Gasteiger charge is 2.17. The Labute approximate surface area is 87.7 Å². The van der Waals surface area contributed by atoms with Gasteiger partial charge in [0.25, 0.3) is 5.91 Å². The number of esters is 1. The van der Waals surface area contributed by atoms with Crippen molar-refractivity contribution in [3.05, 3.63) is 12.2 Å². The molecule has 0 fully saturated rings. The maximum absolute atomic E-state index is 11.2. The quantitative estimate of drug-likeness (QED) is 0.509. The first-order chi connectivity index (χ1) is 7.01. The number of hydrogen-bond donors (Lipinski definition) is 2. The smallest absolute Gasteiger partial charge is 0.331 e. The van der Waals surface area contributed by atoms with E-state index in [1.807, 2.05) is 5.32 Å². The first-order valence-electron chi connectivity index (χ1n) is 4.37. The molecule has 0 heterocycles. The van der Waals surface area contributed by atoms with E-state index >= 15 is 0 Å². The van der Waals surface area contributed by atoms with Crippen molar-refractivity contribution in [1.29, 1.82) is 0 Å². The molecule has 0 aliphatic heterocycles. The Bertz CT molecular complexity index is 286. The zero-order valence-corrected chi connectivity index (χ0v) is 8.87. The number of ether oxygens (including phenoxy) is 1. The van der Waals surface area contributed by atoms with Crippen LogP contribution in [0.5, 0.6) is 0 Å². The molecule has 0 aliphatic rings. The van der Waals surface area contributed by atoms with Crippen LogP contribution < -0.4 is 10.6 Å². The van der Waals surface area contributed by atoms with E-state index in [2.05, 4.69) is 10.1 Å². The van der Waals surface area contributed by atoms with Gasteiger partial charge < -0.3 is 10.1 Å². The van der Waals surface area contributed by atoms with Gasteiger partial charge in [0.1, 0.15) is 0 Å². The molecule has 0 aromatic rings. The number of urea groups is 1. The van der Waals surface area contributed by atoms with Gasteiger partial charge in [-0.25, -0.2) is 9.59 Å². The normalized spacial score (nSPS) is 11.9. The van der Waals surface area contributed by atoms with Crippen LogP contribution >= 0.6 is 0 Å². The van der Waals surface area contributed by atoms with Crippen molar-refractivity contribution in [2.45, 2.75) is 20.0 Å². The molecule has 6 heteroatoms. The summed E-state index contributed by atoms with van der Waals surface area (Å²) in [5.41, 5.74) is 0. The summed E-state index contributed by atoms with van der Waals surface area (Å²) >= 11 is 0. The number of rotatable bonds is 3. The number of hydrogen-bond acceptors (Lipinski definition) is 4. The van der Waals surface area contributed by atoms with Gasteiger partial charge in [0, 0.05) is 13.1 Å². The summed E-state index contributed by atoms with van der Waals surface area (Å²) in [7, 11) is 1.37. The lowest BCUT2D eigenvalue weighted by molar-refractivity contribution is -0.149. The van der Waals surface area contributed by atoms with Crippen LogP contribution in [0.2, 0.25) is 0 Å². The molecule has 3 amide bonds. The molecule has 0 aromatic carbocycles. The van der Waals surface area contributed by atoms with E-state index in [4.69, 9.17) is 0 Å². The summed E-state index contributed by atoms with van der Waals surface area (Å²) in [6, 6.07) is -0.645. The highest BCUT2D eigenvalue weighted by molar-refractivity contribution is 5.97. The molecule has 0 aliphatic carbocycles. The Balaban J connectivity index is 4.10. The van der Waals surface area contributed by atoms with Crippen LogP contribution in [-0.2, 0) is 14.3 Å². The second-order valence-electron chi connectivity index (χ2n) is 2.65. The summed E-state index contributed by atoms with van der Waals surface area (Å²) in [5.74, 6) is -1.30. The van der Waals surface area contributed by atoms with E-state index in [9.17, 15) is 14.4 Å². The maximum atomic E-state index is 11.2. The van der Waals surface area contributed by atoms with E-state index in [0.29, 0.717) is 0 Å². The molecule has 2 N–H and O–H groups in total. The molecule has 0 rings (SSSR count). The summed E-state index contributed by atoms with van der Waals surface area (Å²) in [5, 5.41) is 4.19. The standard InChI is InChI=1S/C9H14N2O4/c1-4-5-7(12)15-6(2)8(13)11-9(14)10-3/h4-6H,1-3H3,(H2,10,11,13,14)/b5-4+/t6-/m1/s1. The highest BCUT2D eigenvalue weighted by atomic mass is 16.5. The van der Waals surface area contributed by atoms with Crippen molar-refractivity contribution in [2.24, 2.45) is 0 Å². The van der Waals surface area contributed by atoms with Crippen molar-refractivity contribution in [3.63, 3.8) is 0 Å². The van der Waals surface area contributed by atoms with Crippen LogP contribution in [0.25, 0.3) is 0 Å². The molecule has 0 radical (unpaired) electrons. The minimum atomic E-state index is -1.01. The second-order valence-corrected chi connectivity index (χ2v) is 2.65. The number of amides is 3. The summed E-state index contributed by atoms with van der Waals surface area (Å²) in [4.78, 5) is 32.8. The minimum Gasteiger partial charge on any atom is -0.449 e. The molecule has 84 valence electrons. The van der Waals surface area contributed by atoms with Gasteiger partial charge in [-0.3, -0.25) is 10.1 Å². The Hall–Kier alpha value is -1.85. The maximum Gasteiger partial charge on any atom is 0.331 e. The predicted molar refractivity (Wildman–Crippen MR) is 53.0 cm³/mol. The van der Waals surface area contributed by atoms with Gasteiger partial charge in [-0.1, -0.05) is 6.08 Å². The van der Waals surface area contributed by atoms with Crippen molar-refractivity contribution in [1.82, 2.24) is 10.6 Å². The first-order valence-corrected chi connectivity index (χ1v) is 4.37. The van der Waals surface area contributed by atoms with Gasteiger partial charge in [0.2, 0.25) is 0 Å². The average Bonchev–Trinajstić information content (AvgIpc) is 2.17. The van der Waals surface area contributed by atoms with Crippen LogP contribution in [0.15, 0.2) is 12.2 Å². The average molecular weight is 214 g/mol. The topological polar surface area (TPSA) is 84.5 Å². The molecule has 0 saturated heterocycles. The lowest BCUT2D eigenvalue weighted by Crippen LogP contribution is -2.43. The van der Waals surface area contributed by atoms with Crippen LogP contribution in [0.3, 0.4) is 0 Å². The van der Waals surface area contributed by atoms with E-state index in [-0.39, 0.29) is 0 Å². The molecule has 6 nitrogen and oxygen atoms in total. The number of imide groups is 1. The van der Waals surface area contributed by atoms with Gasteiger partial charge in [0.05, 0.1) is 0 Å². The molecule has 0 saturated carbocycles. The molecular formula is C9H14N2O4. The number of allylic oxidation sites excluding steroid dienone is 1. The molecule has 0 spiro atoms. The first kappa shape index (κ1) is 13.2. The Morgan fingerprint density at radius 2 is 1.93 bits per heavy atom. The fraction of sp³-hybridized carbons (Fsp3) is 0.444. The van der Waals surface area contributed by atoms with Crippen molar-refractivity contribution >= 4 is 17.9 Å². The summed E-state index contributed by atoms with van der Waals surface area (Å²) in [6.45, 7) is 3.02. The monoisotopic (exact) mass is 214 g/mol. The van der Waals surface area contributed by atoms with Crippen LogP contribution in [0, 0.1) is 0 Å². The molecule has 0 aromatic heterocycles. The summed E-state index contributed by atoms with van der Waals surface area (Å²) < 4.78 is 4.68. The fourth-order valence-electron chi connectivity index (χ4n) is 0.679. The van der Waals surface area contributed by atoms with E-state index in [1.54, 1.807) is 6.92 Å². The van der Waals surface area contributed by atoms with Crippen molar-refractivity contribution < 1.29 is 19.1 Å². The summed E-state index contributed by atoms with van der Waals surface area (Å²) in [6.07, 6.45) is 1.67. The zero-order chi connectivity index (χ0) is 11.8. The van der Waals surface area contributed by atoms with Gasteiger partial charge in [-0.05, 0) is 13.8 Å². The third-order valence-electron chi connectivity index (χ3n) is 1.43. The van der Waals surface area contributed by atoms with Crippen molar-refractivity contribution in [2.75, 3.05) is 7.05 Å². The van der Waals surface area contributed by atoms with Gasteiger partial charge in [0.15, 0.2) is 6.10 Å². The largest absolute Gasteiger partial charge is 0.449 e. The molecular weight excluding hydrogens is 200 g/mol. The van der Waals surface area contributed by atoms with Gasteiger partial charge in [-0.2, -0.15) is 0 Å². The third-order valence-corrected chi connectivity index (χ3v) is 1.43.